The molecule has 0 aliphatic heterocycles. The second-order valence-electron chi connectivity index (χ2n) is 32.0. The van der Waals surface area contributed by atoms with E-state index in [1.54, 1.807) is 67.6 Å². The third-order valence-corrected chi connectivity index (χ3v) is 21.0. The second kappa shape index (κ2) is 56.8. The maximum Gasteiger partial charge on any atom is 0.0999 e. The van der Waals surface area contributed by atoms with Gasteiger partial charge in [0.1, 0.15) is 0 Å². The van der Waals surface area contributed by atoms with Crippen LogP contribution in [0.3, 0.4) is 0 Å². The summed E-state index contributed by atoms with van der Waals surface area (Å²) < 4.78 is 0. The lowest BCUT2D eigenvalue weighted by Gasteiger charge is -2.08. The smallest absolute Gasteiger partial charge is 0.0999 e. The van der Waals surface area contributed by atoms with Crippen molar-refractivity contribution in [3.63, 3.8) is 0 Å². The first kappa shape index (κ1) is 109. The molecule has 680 valence electrons. The Morgan fingerprint density at radius 1 is 0.118 bits per heavy atom. The van der Waals surface area contributed by atoms with E-state index in [1.807, 2.05) is 285 Å². The summed E-state index contributed by atoms with van der Waals surface area (Å²) >= 11 is 0. The molecule has 0 unspecified atom stereocenters. The fraction of sp³-hybridized carbons (Fsp3) is 0.0800. The summed E-state index contributed by atoms with van der Waals surface area (Å²) in [6, 6.07) is 141. The fourth-order valence-electron chi connectivity index (χ4n) is 13.6. The summed E-state index contributed by atoms with van der Waals surface area (Å²) in [5.74, 6) is 0. The van der Waals surface area contributed by atoms with Crippen LogP contribution in [0.4, 0.5) is 0 Å². The molecule has 16 aromatic carbocycles. The van der Waals surface area contributed by atoms with Gasteiger partial charge in [0.25, 0.3) is 0 Å². The summed E-state index contributed by atoms with van der Waals surface area (Å²) in [5.41, 5.74) is 31.4. The third kappa shape index (κ3) is 33.8. The van der Waals surface area contributed by atoms with Crippen LogP contribution in [0.2, 0.25) is 0 Å². The zero-order chi connectivity index (χ0) is 105. The van der Waals surface area contributed by atoms with Crippen LogP contribution < -0.4 is 0 Å². The first-order valence-corrected chi connectivity index (χ1v) is 43.9. The van der Waals surface area contributed by atoms with Gasteiger partial charge in [-0.25, -0.2) is 0 Å². The summed E-state index contributed by atoms with van der Waals surface area (Å²) in [6.07, 6.45) is 0. The Hall–Kier alpha value is -22.2. The topological polar surface area (TPSA) is 452 Å². The number of aryl methyl sites for hydroxylation is 9. The summed E-state index contributed by atoms with van der Waals surface area (Å²) in [6.45, 7) is 19.6. The Morgan fingerprint density at radius 2 is 0.319 bits per heavy atom. The highest BCUT2D eigenvalue weighted by molar-refractivity contribution is 5.80. The van der Waals surface area contributed by atoms with Crippen molar-refractivity contribution in [1.29, 1.82) is 100.0 Å². The Bertz CT molecular complexity index is 8060. The Labute approximate surface area is 840 Å². The van der Waals surface area contributed by atoms with Crippen LogP contribution >= 0.6 is 0 Å². The Morgan fingerprint density at radius 3 is 0.604 bits per heavy atom. The van der Waals surface area contributed by atoms with Gasteiger partial charge in [-0.3, -0.25) is 0 Å². The number of hydrogen-bond donors (Lipinski definition) is 0. The molecule has 19 nitrogen and oxygen atoms in total. The lowest BCUT2D eigenvalue weighted by molar-refractivity contribution is 1.33. The van der Waals surface area contributed by atoms with E-state index in [2.05, 4.69) is 129 Å². The van der Waals surface area contributed by atoms with Crippen LogP contribution in [-0.2, 0) is 0 Å². The largest absolute Gasteiger partial charge is 0.192 e. The van der Waals surface area contributed by atoms with Crippen LogP contribution in [0.25, 0.3) is 66.8 Å². The maximum absolute atomic E-state index is 9.22. The van der Waals surface area contributed by atoms with E-state index < -0.39 is 0 Å². The van der Waals surface area contributed by atoms with Gasteiger partial charge in [0, 0.05) is 11.1 Å². The molecular weight excluding hydrogens is 1770 g/mol. The zero-order valence-electron chi connectivity index (χ0n) is 80.3. The van der Waals surface area contributed by atoms with Gasteiger partial charge in [-0.1, -0.05) is 233 Å². The molecule has 0 saturated carbocycles. The third-order valence-electron chi connectivity index (χ3n) is 21.0. The molecule has 0 radical (unpaired) electrons. The highest BCUT2D eigenvalue weighted by Gasteiger charge is 2.16. The normalized spacial score (nSPS) is 9.05. The van der Waals surface area contributed by atoms with Crippen molar-refractivity contribution in [3.8, 4) is 182 Å². The van der Waals surface area contributed by atoms with Crippen molar-refractivity contribution in [2.45, 2.75) is 69.2 Å². The van der Waals surface area contributed by atoms with E-state index in [1.165, 1.54) is 69.8 Å². The van der Waals surface area contributed by atoms with E-state index in [-0.39, 0.29) is 0 Å². The van der Waals surface area contributed by atoms with Crippen molar-refractivity contribution in [2.24, 2.45) is 0 Å². The van der Waals surface area contributed by atoms with Crippen LogP contribution in [0.15, 0.2) is 334 Å². The van der Waals surface area contributed by atoms with E-state index in [0.29, 0.717) is 111 Å². The average Bonchev–Trinajstić information content (AvgIpc) is 0.805. The van der Waals surface area contributed by atoms with Crippen molar-refractivity contribution >= 4 is 0 Å². The van der Waals surface area contributed by atoms with Crippen molar-refractivity contribution < 1.29 is 0 Å². The molecule has 0 aromatic heterocycles. The van der Waals surface area contributed by atoms with Crippen LogP contribution in [0.5, 0.6) is 0 Å². The lowest BCUT2D eigenvalue weighted by Crippen LogP contribution is -1.92. The van der Waals surface area contributed by atoms with Gasteiger partial charge < -0.3 is 0 Å². The summed E-state index contributed by atoms with van der Waals surface area (Å²) in [4.78, 5) is 0. The summed E-state index contributed by atoms with van der Waals surface area (Å²) in [7, 11) is 0. The van der Waals surface area contributed by atoms with Gasteiger partial charge in [0.15, 0.2) is 0 Å². The molecule has 144 heavy (non-hydrogen) atoms. The standard InChI is InChI=1S/2C16H9N3.2C15H10N2.2C14H11N.C10H5N3.C9H6N2.2C8H7N/c1-11-2-4-13(5-3-11)16-14(9-18)6-12(8-17)7-15(16)10-19;1-11-3-2-4-13(5-11)16-14(9-18)6-12(8-17)7-15(16)10-19;1-11-2-4-14(5-3-11)15-7-12(9-16)6-13(8-15)10-17;1-11-3-2-4-14(5-11)15-7-12(9-16)6-13(8-15)10-17;1-11-2-6-13(7-3-11)14-8-4-12(10-15)5-9-14;1-11-3-2-4-14(9-11)13-7-5-12(10-15)6-8-13;1-7-9(5-12)2-8(4-11)3-10(7)6-13;1-7-2-8(5-10)4-9(3-7)6-11;1-7-2-4-8(6-9)5-3-7;1-7-3-2-4-8(5-7)6-9/h2*2-7H,1H3;2*2-8H,1H3;2*2-9H,1H3;2-3H,1H3;2-4H,1H3;2*2-5H,1H3. The van der Waals surface area contributed by atoms with Crippen LogP contribution in [0.1, 0.15) is 161 Å². The first-order valence-electron chi connectivity index (χ1n) is 43.9. The SMILES string of the molecule is Cc1c(C#N)cc(C#N)cc1C#N.Cc1cc(C#N)cc(C#N)c1.Cc1ccc(-c2c(C#N)cc(C#N)cc2C#N)cc1.Cc1ccc(-c2cc(C#N)cc(C#N)c2)cc1.Cc1ccc(-c2ccc(C#N)cc2)cc1.Cc1ccc(C#N)cc1.Cc1cccc(-c2c(C#N)cc(C#N)cc2C#N)c1.Cc1cccc(-c2cc(C#N)cc(C#N)c2)c1.Cc1cccc(-c2ccc(C#N)cc2)c1.Cc1cccc(C#N)c1. The van der Waals surface area contributed by atoms with Crippen molar-refractivity contribution in [3.05, 3.63) is 495 Å². The molecule has 0 N–H and O–H groups in total. The molecule has 0 aliphatic carbocycles. The quantitative estimate of drug-likeness (QED) is 0.149. The molecule has 0 aliphatic rings. The van der Waals surface area contributed by atoms with Gasteiger partial charge in [-0.2, -0.15) is 100.0 Å². The summed E-state index contributed by atoms with van der Waals surface area (Å²) in [5, 5.41) is 168. The second-order valence-corrected chi connectivity index (χ2v) is 32.0. The lowest BCUT2D eigenvalue weighted by atomic mass is 9.92. The first-order chi connectivity index (χ1) is 69.5. The molecule has 16 rings (SSSR count). The van der Waals surface area contributed by atoms with E-state index >= 15 is 0 Å². The molecule has 0 atom stereocenters. The molecular formula is C125H85N19. The minimum atomic E-state index is 0.323. The van der Waals surface area contributed by atoms with E-state index in [9.17, 15) is 21.0 Å². The number of nitriles is 19. The van der Waals surface area contributed by atoms with Gasteiger partial charge in [0.05, 0.1) is 221 Å². The molecule has 16 aromatic rings. The number of rotatable bonds is 6. The minimum Gasteiger partial charge on any atom is -0.192 e. The predicted molar refractivity (Wildman–Crippen MR) is 554 cm³/mol. The minimum absolute atomic E-state index is 0.323. The van der Waals surface area contributed by atoms with Crippen molar-refractivity contribution in [2.75, 3.05) is 0 Å². The van der Waals surface area contributed by atoms with Gasteiger partial charge in [0.2, 0.25) is 0 Å². The van der Waals surface area contributed by atoms with Crippen molar-refractivity contribution in [1.82, 2.24) is 0 Å². The zero-order valence-corrected chi connectivity index (χ0v) is 80.3. The predicted octanol–water partition coefficient (Wildman–Crippen LogP) is 27.5. The highest BCUT2D eigenvalue weighted by atomic mass is 14.4. The molecule has 19 heteroatoms. The molecule has 0 fully saturated rings. The number of hydrogen-bond acceptors (Lipinski definition) is 19. The Balaban J connectivity index is 0.000000219. The van der Waals surface area contributed by atoms with E-state index in [0.717, 1.165) is 83.5 Å². The van der Waals surface area contributed by atoms with Gasteiger partial charge >= 0.3 is 0 Å². The molecule has 0 bridgehead atoms. The number of benzene rings is 16. The molecule has 0 amide bonds. The van der Waals surface area contributed by atoms with E-state index in [4.69, 9.17) is 78.9 Å². The van der Waals surface area contributed by atoms with Gasteiger partial charge in [-0.15, -0.1) is 0 Å². The maximum atomic E-state index is 9.22. The highest BCUT2D eigenvalue weighted by Crippen LogP contribution is 2.33. The van der Waals surface area contributed by atoms with Gasteiger partial charge in [-0.05, 0) is 281 Å². The van der Waals surface area contributed by atoms with Crippen LogP contribution in [0, 0.1) is 285 Å². The Kier molecular flexibility index (Phi) is 42.9. The number of nitrogens with zero attached hydrogens (tertiary/aromatic N) is 19. The molecule has 0 saturated heterocycles. The molecule has 0 spiro atoms. The fourth-order valence-corrected chi connectivity index (χ4v) is 13.6. The monoisotopic (exact) mass is 1850 g/mol. The van der Waals surface area contributed by atoms with Crippen LogP contribution in [-0.4, -0.2) is 0 Å². The molecule has 0 heterocycles. The average molecular weight is 1850 g/mol.